The molecule has 1 fully saturated rings. The van der Waals surface area contributed by atoms with Crippen LogP contribution < -0.4 is 0 Å². The second kappa shape index (κ2) is 11.4. The van der Waals surface area contributed by atoms with Crippen LogP contribution in [0.2, 0.25) is 0 Å². The highest BCUT2D eigenvalue weighted by Gasteiger charge is 2.36. The summed E-state index contributed by atoms with van der Waals surface area (Å²) >= 11 is 0. The number of rotatable bonds is 8. The largest absolute Gasteiger partial charge is 0.428 e. The van der Waals surface area contributed by atoms with Crippen LogP contribution in [0.5, 0.6) is 0 Å². The number of carbonyl (C=O) groups excluding carboxylic acids is 1. The molecule has 1 aliphatic rings. The molecule has 0 saturated heterocycles. The molecule has 1 saturated carbocycles. The van der Waals surface area contributed by atoms with E-state index in [1.165, 1.54) is 12.8 Å². The molecule has 0 spiro atoms. The number of Topliss-reactive ketones (excluding diaryl/α,β-unsaturated/α-hetero) is 1. The first kappa shape index (κ1) is 26.5. The molecule has 1 atom stereocenters. The molecule has 0 aromatic heterocycles. The second-order valence-electron chi connectivity index (χ2n) is 9.63. The minimum absolute atomic E-state index is 0.0649. The highest BCUT2D eigenvalue weighted by molar-refractivity contribution is 6.05. The lowest BCUT2D eigenvalue weighted by Crippen LogP contribution is -2.29. The van der Waals surface area contributed by atoms with Gasteiger partial charge in [-0.2, -0.15) is 0 Å². The lowest BCUT2D eigenvalue weighted by molar-refractivity contribution is 0.0155. The van der Waals surface area contributed by atoms with Crippen molar-refractivity contribution in [2.75, 3.05) is 0 Å². The molecule has 0 bridgehead atoms. The van der Waals surface area contributed by atoms with E-state index in [4.69, 9.17) is 15.6 Å². The summed E-state index contributed by atoms with van der Waals surface area (Å²) in [5.41, 5.74) is 3.82. The number of ketones is 1. The van der Waals surface area contributed by atoms with Crippen molar-refractivity contribution >= 4 is 18.1 Å². The van der Waals surface area contributed by atoms with Gasteiger partial charge in [-0.25, -0.2) is 0 Å². The molecule has 5 nitrogen and oxygen atoms in total. The van der Waals surface area contributed by atoms with Crippen LogP contribution in [0.1, 0.15) is 75.9 Å². The molecule has 2 aromatic carbocycles. The smallest absolute Gasteiger partial charge is 0.220 e. The highest BCUT2D eigenvalue weighted by atomic mass is 16.5. The molecule has 0 radical (unpaired) electrons. The van der Waals surface area contributed by atoms with Crippen LogP contribution >= 0.6 is 0 Å². The van der Waals surface area contributed by atoms with Gasteiger partial charge in [-0.15, -0.1) is 0 Å². The average Bonchev–Trinajstić information content (AvgIpc) is 3.63. The van der Waals surface area contributed by atoms with Crippen LogP contribution in [0, 0.1) is 28.6 Å². The molecule has 5 heteroatoms. The topological polar surface area (TPSA) is 94.2 Å². The first-order valence-electron chi connectivity index (χ1n) is 11.7. The Morgan fingerprint density at radius 3 is 2.18 bits per heavy atom. The number of benzene rings is 2. The van der Waals surface area contributed by atoms with Crippen molar-refractivity contribution in [2.24, 2.45) is 17.8 Å². The van der Waals surface area contributed by atoms with Gasteiger partial charge in [0, 0.05) is 17.0 Å². The van der Waals surface area contributed by atoms with E-state index in [0.717, 1.165) is 41.0 Å². The number of carbonyl (C=O) groups is 1. The van der Waals surface area contributed by atoms with Crippen LogP contribution in [-0.2, 0) is 11.2 Å². The molecule has 178 valence electrons. The van der Waals surface area contributed by atoms with E-state index in [1.807, 2.05) is 58.0 Å². The third-order valence-corrected chi connectivity index (χ3v) is 6.38. The van der Waals surface area contributed by atoms with Crippen LogP contribution in [0.3, 0.4) is 0 Å². The summed E-state index contributed by atoms with van der Waals surface area (Å²) in [6, 6.07) is 13.2. The van der Waals surface area contributed by atoms with Crippen LogP contribution in [0.4, 0.5) is 0 Å². The minimum atomic E-state index is -0.457. The molecule has 0 aliphatic heterocycles. The SMILES string of the molecule is CC(C1CC1)C(C)(C)O.CCc1cccc(-c2ccc(C(=N)OC=N)cc2)c1C(=O)C(C)C. The fraction of sp³-hybridized carbons (Fsp3) is 0.464. The van der Waals surface area contributed by atoms with Gasteiger partial charge in [-0.3, -0.25) is 15.6 Å². The fourth-order valence-corrected chi connectivity index (χ4v) is 3.82. The Kier molecular flexibility index (Phi) is 9.12. The molecule has 1 unspecified atom stereocenters. The average molecular weight is 451 g/mol. The second-order valence-corrected chi connectivity index (χ2v) is 9.63. The maximum absolute atomic E-state index is 12.7. The zero-order valence-electron chi connectivity index (χ0n) is 20.7. The maximum atomic E-state index is 12.7. The number of hydrogen-bond donors (Lipinski definition) is 3. The lowest BCUT2D eigenvalue weighted by Gasteiger charge is -2.25. The summed E-state index contributed by atoms with van der Waals surface area (Å²) in [4.78, 5) is 12.7. The predicted molar refractivity (Wildman–Crippen MR) is 135 cm³/mol. The molecule has 0 heterocycles. The van der Waals surface area contributed by atoms with Crippen LogP contribution in [0.15, 0.2) is 42.5 Å². The summed E-state index contributed by atoms with van der Waals surface area (Å²) in [7, 11) is 0. The predicted octanol–water partition coefficient (Wildman–Crippen LogP) is 6.51. The zero-order valence-corrected chi connectivity index (χ0v) is 20.7. The number of hydrogen-bond acceptors (Lipinski definition) is 5. The third kappa shape index (κ3) is 7.10. The zero-order chi connectivity index (χ0) is 24.8. The van der Waals surface area contributed by atoms with Crippen molar-refractivity contribution in [3.05, 3.63) is 59.2 Å². The van der Waals surface area contributed by atoms with E-state index >= 15 is 0 Å². The lowest BCUT2D eigenvalue weighted by atomic mass is 9.88. The van der Waals surface area contributed by atoms with Gasteiger partial charge >= 0.3 is 0 Å². The van der Waals surface area contributed by atoms with Crippen molar-refractivity contribution in [2.45, 2.75) is 66.4 Å². The van der Waals surface area contributed by atoms with Gasteiger partial charge < -0.3 is 9.84 Å². The van der Waals surface area contributed by atoms with Gasteiger partial charge in [0.15, 0.2) is 12.2 Å². The number of ether oxygens (including phenoxy) is 1. The van der Waals surface area contributed by atoms with E-state index in [-0.39, 0.29) is 17.6 Å². The molecular weight excluding hydrogens is 412 g/mol. The Bertz CT molecular complexity index is 968. The summed E-state index contributed by atoms with van der Waals surface area (Å²) in [6.45, 7) is 11.8. The summed E-state index contributed by atoms with van der Waals surface area (Å²) in [5.74, 6) is 1.30. The summed E-state index contributed by atoms with van der Waals surface area (Å²) < 4.78 is 4.77. The van der Waals surface area contributed by atoms with E-state index < -0.39 is 5.60 Å². The van der Waals surface area contributed by atoms with Gasteiger partial charge in [0.25, 0.3) is 0 Å². The molecule has 3 N–H and O–H groups in total. The molecule has 33 heavy (non-hydrogen) atoms. The quantitative estimate of drug-likeness (QED) is 0.243. The minimum Gasteiger partial charge on any atom is -0.428 e. The van der Waals surface area contributed by atoms with Crippen molar-refractivity contribution in [1.82, 2.24) is 0 Å². The molecule has 1 aliphatic carbocycles. The summed E-state index contributed by atoms with van der Waals surface area (Å²) in [6.07, 6.45) is 4.19. The first-order chi connectivity index (χ1) is 15.5. The monoisotopic (exact) mass is 450 g/mol. The Morgan fingerprint density at radius 1 is 1.15 bits per heavy atom. The molecule has 2 aromatic rings. The number of aliphatic hydroxyl groups is 1. The van der Waals surface area contributed by atoms with E-state index in [9.17, 15) is 9.90 Å². The third-order valence-electron chi connectivity index (χ3n) is 6.38. The van der Waals surface area contributed by atoms with Gasteiger partial charge in [0.05, 0.1) is 5.60 Å². The Labute approximate surface area is 198 Å². The van der Waals surface area contributed by atoms with Crippen molar-refractivity contribution in [3.8, 4) is 11.1 Å². The normalized spacial score (nSPS) is 14.2. The van der Waals surface area contributed by atoms with Crippen molar-refractivity contribution in [3.63, 3.8) is 0 Å². The Morgan fingerprint density at radius 2 is 1.76 bits per heavy atom. The maximum Gasteiger partial charge on any atom is 0.220 e. The summed E-state index contributed by atoms with van der Waals surface area (Å²) in [5, 5.41) is 24.1. The molecular formula is C28H38N2O3. The number of nitrogens with one attached hydrogen (secondary N) is 2. The Hall–Kier alpha value is -2.79. The first-order valence-corrected chi connectivity index (χ1v) is 11.7. The van der Waals surface area contributed by atoms with Crippen LogP contribution in [0.25, 0.3) is 11.1 Å². The van der Waals surface area contributed by atoms with Crippen LogP contribution in [-0.4, -0.2) is 28.8 Å². The fourth-order valence-electron chi connectivity index (χ4n) is 3.82. The molecule has 3 rings (SSSR count). The van der Waals surface area contributed by atoms with Gasteiger partial charge in [0.1, 0.15) is 0 Å². The van der Waals surface area contributed by atoms with Gasteiger partial charge in [0.2, 0.25) is 5.90 Å². The molecule has 0 amide bonds. The van der Waals surface area contributed by atoms with E-state index in [2.05, 4.69) is 13.8 Å². The van der Waals surface area contributed by atoms with E-state index in [1.54, 1.807) is 12.1 Å². The van der Waals surface area contributed by atoms with Crippen molar-refractivity contribution in [1.29, 1.82) is 10.8 Å². The highest BCUT2D eigenvalue weighted by Crippen LogP contribution is 2.41. The Balaban J connectivity index is 0.000000357. The van der Waals surface area contributed by atoms with Gasteiger partial charge in [-0.1, -0.05) is 58.0 Å². The number of aryl methyl sites for hydroxylation is 1. The van der Waals surface area contributed by atoms with E-state index in [0.29, 0.717) is 11.5 Å². The van der Waals surface area contributed by atoms with Gasteiger partial charge in [-0.05, 0) is 73.8 Å². The van der Waals surface area contributed by atoms with Crippen molar-refractivity contribution < 1.29 is 14.6 Å². The standard InChI is InChI=1S/C20H22N2O2.C8H16O/c1-4-14-6-5-7-17(18(14)19(23)13(2)3)15-8-10-16(11-9-15)20(22)24-12-21;1-6(7-4-5-7)8(2,3)9/h5-13,21-22H,4H2,1-3H3;6-7,9H,4-5H2,1-3H3.